The zero-order chi connectivity index (χ0) is 13.0. The van der Waals surface area contributed by atoms with Crippen LogP contribution in [-0.4, -0.2) is 38.7 Å². The van der Waals surface area contributed by atoms with E-state index in [9.17, 15) is 0 Å². The first kappa shape index (κ1) is 13.4. The number of fused-ring (bicyclic) bond motifs is 1. The van der Waals surface area contributed by atoms with E-state index < -0.39 is 0 Å². The Hall–Kier alpha value is -1.06. The highest BCUT2D eigenvalue weighted by molar-refractivity contribution is 5.40. The smallest absolute Gasteiger partial charge is 0.119 e. The van der Waals surface area contributed by atoms with Gasteiger partial charge in [0.25, 0.3) is 0 Å². The Morgan fingerprint density at radius 1 is 1.44 bits per heavy atom. The molecule has 2 rings (SSSR count). The molecule has 0 fully saturated rings. The summed E-state index contributed by atoms with van der Waals surface area (Å²) in [6, 6.07) is 6.95. The lowest BCUT2D eigenvalue weighted by Crippen LogP contribution is -2.30. The lowest BCUT2D eigenvalue weighted by atomic mass is 10.1. The second kappa shape index (κ2) is 6.21. The number of nitrogens with zero attached hydrogens (tertiary/aromatic N) is 1. The van der Waals surface area contributed by atoms with Crippen LogP contribution in [0.15, 0.2) is 18.2 Å². The molecule has 3 heteroatoms. The maximum absolute atomic E-state index is 5.31. The Morgan fingerprint density at radius 3 is 3.00 bits per heavy atom. The molecule has 1 aromatic carbocycles. The number of methoxy groups -OCH3 is 1. The fourth-order valence-corrected chi connectivity index (χ4v) is 2.51. The van der Waals surface area contributed by atoms with Gasteiger partial charge in [0.05, 0.1) is 7.11 Å². The summed E-state index contributed by atoms with van der Waals surface area (Å²) in [5.41, 5.74) is 2.89. The zero-order valence-corrected chi connectivity index (χ0v) is 11.7. The second-order valence-corrected chi connectivity index (χ2v) is 5.01. The van der Waals surface area contributed by atoms with Crippen molar-refractivity contribution < 1.29 is 4.74 Å². The molecule has 0 radical (unpaired) electrons. The summed E-state index contributed by atoms with van der Waals surface area (Å²) in [7, 11) is 3.89. The Balaban J connectivity index is 1.93. The van der Waals surface area contributed by atoms with Gasteiger partial charge in [0.2, 0.25) is 0 Å². The van der Waals surface area contributed by atoms with E-state index in [0.29, 0.717) is 6.04 Å². The van der Waals surface area contributed by atoms with Gasteiger partial charge in [0.1, 0.15) is 5.75 Å². The van der Waals surface area contributed by atoms with Crippen LogP contribution in [0, 0.1) is 0 Å². The van der Waals surface area contributed by atoms with Crippen LogP contribution in [0.4, 0.5) is 0 Å². The molecule has 0 heterocycles. The maximum Gasteiger partial charge on any atom is 0.119 e. The Morgan fingerprint density at radius 2 is 2.28 bits per heavy atom. The number of benzene rings is 1. The average Bonchev–Trinajstić information content (AvgIpc) is 2.81. The molecule has 0 aliphatic heterocycles. The van der Waals surface area contributed by atoms with Crippen molar-refractivity contribution >= 4 is 0 Å². The van der Waals surface area contributed by atoms with Crippen LogP contribution in [-0.2, 0) is 6.42 Å². The molecule has 0 aromatic heterocycles. The molecule has 0 saturated heterocycles. The molecule has 0 spiro atoms. The van der Waals surface area contributed by atoms with E-state index in [1.807, 2.05) is 0 Å². The third-order valence-electron chi connectivity index (χ3n) is 3.85. The molecule has 1 aliphatic rings. The van der Waals surface area contributed by atoms with Gasteiger partial charge in [-0.3, -0.25) is 0 Å². The average molecular weight is 248 g/mol. The number of likely N-dealkylation sites (N-methyl/N-ethyl adjacent to an activating group) is 1. The molecular weight excluding hydrogens is 224 g/mol. The van der Waals surface area contributed by atoms with E-state index in [0.717, 1.165) is 25.4 Å². The third-order valence-corrected chi connectivity index (χ3v) is 3.85. The van der Waals surface area contributed by atoms with Crippen LogP contribution in [0.5, 0.6) is 5.75 Å². The van der Waals surface area contributed by atoms with Gasteiger partial charge in [-0.2, -0.15) is 0 Å². The number of hydrogen-bond donors (Lipinski definition) is 1. The van der Waals surface area contributed by atoms with Crippen LogP contribution in [0.1, 0.15) is 30.5 Å². The summed E-state index contributed by atoms with van der Waals surface area (Å²) in [6.07, 6.45) is 2.39. The molecule has 0 saturated carbocycles. The fraction of sp³-hybridized carbons (Fsp3) is 0.600. The van der Waals surface area contributed by atoms with E-state index in [2.05, 4.69) is 42.4 Å². The second-order valence-electron chi connectivity index (χ2n) is 5.01. The van der Waals surface area contributed by atoms with Gasteiger partial charge in [-0.25, -0.2) is 0 Å². The number of rotatable bonds is 6. The predicted octanol–water partition coefficient (Wildman–Crippen LogP) is 2.22. The first-order valence-electron chi connectivity index (χ1n) is 6.83. The minimum absolute atomic E-state index is 0.500. The summed E-state index contributed by atoms with van der Waals surface area (Å²) in [5, 5.41) is 3.66. The Kier molecular flexibility index (Phi) is 4.61. The predicted molar refractivity (Wildman–Crippen MR) is 75.2 cm³/mol. The summed E-state index contributed by atoms with van der Waals surface area (Å²) in [5.74, 6) is 0.966. The highest BCUT2D eigenvalue weighted by Crippen LogP contribution is 2.33. The van der Waals surface area contributed by atoms with Gasteiger partial charge in [-0.15, -0.1) is 0 Å². The van der Waals surface area contributed by atoms with Crippen molar-refractivity contribution in [1.82, 2.24) is 10.2 Å². The Labute approximate surface area is 110 Å². The van der Waals surface area contributed by atoms with Crippen molar-refractivity contribution in [1.29, 1.82) is 0 Å². The molecule has 3 nitrogen and oxygen atoms in total. The molecule has 1 aromatic rings. The summed E-state index contributed by atoms with van der Waals surface area (Å²) < 4.78 is 5.31. The van der Waals surface area contributed by atoms with E-state index in [1.54, 1.807) is 7.11 Å². The van der Waals surface area contributed by atoms with Gasteiger partial charge in [0.15, 0.2) is 0 Å². The van der Waals surface area contributed by atoms with Crippen LogP contribution in [0.2, 0.25) is 0 Å². The number of aryl methyl sites for hydroxylation is 1. The monoisotopic (exact) mass is 248 g/mol. The van der Waals surface area contributed by atoms with Crippen LogP contribution in [0.25, 0.3) is 0 Å². The van der Waals surface area contributed by atoms with Gasteiger partial charge < -0.3 is 15.0 Å². The van der Waals surface area contributed by atoms with Crippen molar-refractivity contribution in [3.05, 3.63) is 29.3 Å². The van der Waals surface area contributed by atoms with E-state index in [-0.39, 0.29) is 0 Å². The molecule has 1 N–H and O–H groups in total. The van der Waals surface area contributed by atoms with E-state index in [4.69, 9.17) is 4.74 Å². The quantitative estimate of drug-likeness (QED) is 0.835. The van der Waals surface area contributed by atoms with Crippen molar-refractivity contribution in [2.45, 2.75) is 25.8 Å². The number of nitrogens with one attached hydrogen (secondary N) is 1. The normalized spacial score (nSPS) is 18.1. The molecular formula is C15H24N2O. The van der Waals surface area contributed by atoms with Crippen LogP contribution >= 0.6 is 0 Å². The highest BCUT2D eigenvalue weighted by atomic mass is 16.5. The molecule has 18 heavy (non-hydrogen) atoms. The van der Waals surface area contributed by atoms with E-state index in [1.165, 1.54) is 24.0 Å². The van der Waals surface area contributed by atoms with E-state index >= 15 is 0 Å². The summed E-state index contributed by atoms with van der Waals surface area (Å²) >= 11 is 0. The fourth-order valence-electron chi connectivity index (χ4n) is 2.51. The minimum Gasteiger partial charge on any atom is -0.497 e. The molecule has 1 unspecified atom stereocenters. The van der Waals surface area contributed by atoms with Crippen molar-refractivity contribution in [2.24, 2.45) is 0 Å². The topological polar surface area (TPSA) is 24.5 Å². The van der Waals surface area contributed by atoms with Gasteiger partial charge in [0, 0.05) is 19.1 Å². The minimum atomic E-state index is 0.500. The summed E-state index contributed by atoms with van der Waals surface area (Å²) in [6.45, 7) is 5.45. The van der Waals surface area contributed by atoms with Crippen molar-refractivity contribution in [2.75, 3.05) is 33.8 Å². The summed E-state index contributed by atoms with van der Waals surface area (Å²) in [4.78, 5) is 2.33. The maximum atomic E-state index is 5.31. The SMILES string of the molecule is CCN(C)CCNC1CCc2ccc(OC)cc21. The number of hydrogen-bond acceptors (Lipinski definition) is 3. The van der Waals surface area contributed by atoms with Gasteiger partial charge in [-0.1, -0.05) is 13.0 Å². The molecule has 1 aliphatic carbocycles. The molecule has 100 valence electrons. The first-order valence-corrected chi connectivity index (χ1v) is 6.83. The first-order chi connectivity index (χ1) is 8.74. The third kappa shape index (κ3) is 3.03. The van der Waals surface area contributed by atoms with Crippen molar-refractivity contribution in [3.8, 4) is 5.75 Å². The van der Waals surface area contributed by atoms with Crippen molar-refractivity contribution in [3.63, 3.8) is 0 Å². The molecule has 0 amide bonds. The highest BCUT2D eigenvalue weighted by Gasteiger charge is 2.22. The Bertz CT molecular complexity index is 392. The molecule has 0 bridgehead atoms. The lowest BCUT2D eigenvalue weighted by molar-refractivity contribution is 0.339. The standard InChI is InChI=1S/C15H24N2O/c1-4-17(2)10-9-16-15-8-6-12-5-7-13(18-3)11-14(12)15/h5,7,11,15-16H,4,6,8-10H2,1-3H3. The van der Waals surface area contributed by atoms with Crippen LogP contribution < -0.4 is 10.1 Å². The largest absolute Gasteiger partial charge is 0.497 e. The zero-order valence-electron chi connectivity index (χ0n) is 11.7. The molecule has 1 atom stereocenters. The van der Waals surface area contributed by atoms with Gasteiger partial charge in [-0.05, 0) is 49.7 Å². The van der Waals surface area contributed by atoms with Crippen LogP contribution in [0.3, 0.4) is 0 Å². The van der Waals surface area contributed by atoms with Gasteiger partial charge >= 0.3 is 0 Å². The lowest BCUT2D eigenvalue weighted by Gasteiger charge is -2.18. The number of ether oxygens (including phenoxy) is 1.